The molecule has 0 saturated carbocycles. The lowest BCUT2D eigenvalue weighted by atomic mass is 9.94. The maximum atomic E-state index is 13.0. The molecule has 0 unspecified atom stereocenters. The highest BCUT2D eigenvalue weighted by molar-refractivity contribution is 5.94. The predicted octanol–water partition coefficient (Wildman–Crippen LogP) is -0.138. The average Bonchev–Trinajstić information content (AvgIpc) is 2.71. The van der Waals surface area contributed by atoms with E-state index in [4.69, 9.17) is 0 Å². The molecule has 0 saturated heterocycles. The van der Waals surface area contributed by atoms with Gasteiger partial charge in [0.2, 0.25) is 23.6 Å². The van der Waals surface area contributed by atoms with E-state index in [1.54, 1.807) is 6.92 Å². The van der Waals surface area contributed by atoms with Crippen molar-refractivity contribution >= 4 is 29.6 Å². The highest BCUT2D eigenvalue weighted by atomic mass is 16.5. The van der Waals surface area contributed by atoms with E-state index in [0.717, 1.165) is 0 Å². The summed E-state index contributed by atoms with van der Waals surface area (Å²) in [6.07, 6.45) is 1.21. The fourth-order valence-electron chi connectivity index (χ4n) is 2.64. The summed E-state index contributed by atoms with van der Waals surface area (Å²) in [7, 11) is 1.21. The van der Waals surface area contributed by atoms with Crippen molar-refractivity contribution in [3.63, 3.8) is 0 Å². The Bertz CT molecular complexity index is 624. The van der Waals surface area contributed by atoms with Crippen molar-refractivity contribution in [1.29, 1.82) is 0 Å². The number of amides is 4. The third-order valence-corrected chi connectivity index (χ3v) is 5.03. The molecule has 10 nitrogen and oxygen atoms in total. The minimum atomic E-state index is -0.890. The van der Waals surface area contributed by atoms with Gasteiger partial charge in [0.15, 0.2) is 0 Å². The molecule has 4 N–H and O–H groups in total. The van der Waals surface area contributed by atoms with E-state index in [0.29, 0.717) is 12.8 Å². The minimum Gasteiger partial charge on any atom is -0.468 e. The Morgan fingerprint density at radius 3 is 1.67 bits per heavy atom. The lowest BCUT2D eigenvalue weighted by molar-refractivity contribution is -0.141. The van der Waals surface area contributed by atoms with E-state index in [2.05, 4.69) is 26.0 Å². The van der Waals surface area contributed by atoms with Crippen LogP contribution in [0.15, 0.2) is 0 Å². The van der Waals surface area contributed by atoms with Gasteiger partial charge in [-0.1, -0.05) is 40.5 Å². The fraction of sp³-hybridized carbons (Fsp3) is 0.750. The van der Waals surface area contributed by atoms with Gasteiger partial charge in [0.1, 0.15) is 24.7 Å². The quantitative estimate of drug-likeness (QED) is 0.319. The molecular weight excluding hydrogens is 392 g/mol. The van der Waals surface area contributed by atoms with Crippen LogP contribution in [-0.2, 0) is 28.7 Å². The number of hydrogen-bond donors (Lipinski definition) is 4. The topological polar surface area (TPSA) is 143 Å². The molecule has 172 valence electrons. The largest absolute Gasteiger partial charge is 0.468 e. The van der Waals surface area contributed by atoms with E-state index >= 15 is 0 Å². The third kappa shape index (κ3) is 9.23. The van der Waals surface area contributed by atoms with Crippen LogP contribution in [0, 0.1) is 11.8 Å². The monoisotopic (exact) mass is 428 g/mol. The zero-order chi connectivity index (χ0) is 23.4. The van der Waals surface area contributed by atoms with E-state index in [-0.39, 0.29) is 24.3 Å². The van der Waals surface area contributed by atoms with Gasteiger partial charge in [-0.3, -0.25) is 24.0 Å². The molecule has 0 spiro atoms. The molecule has 0 aliphatic heterocycles. The summed E-state index contributed by atoms with van der Waals surface area (Å²) in [6.45, 7) is 9.88. The molecule has 4 amide bonds. The number of carbonyl (C=O) groups excluding carboxylic acids is 5. The van der Waals surface area contributed by atoms with Crippen LogP contribution < -0.4 is 21.3 Å². The summed E-state index contributed by atoms with van der Waals surface area (Å²) in [5.74, 6) is -2.90. The lowest BCUT2D eigenvalue weighted by Gasteiger charge is -2.29. The predicted molar refractivity (Wildman–Crippen MR) is 111 cm³/mol. The maximum absolute atomic E-state index is 13.0. The molecule has 0 fully saturated rings. The second kappa shape index (κ2) is 13.6. The standard InChI is InChI=1S/C20H36N4O6/c1-8-11(3)16(19(28)21-10-15(26)30-7)24-20(29)17(12(4)9-2)23-18(27)13(5)22-14(6)25/h11-13,16-17H,8-10H2,1-7H3,(H,21,28)(H,22,25)(H,23,27)(H,24,29)/t11-,12-,13-,16-,17-/m0/s1. The van der Waals surface area contributed by atoms with Crippen molar-refractivity contribution in [2.75, 3.05) is 13.7 Å². The number of ether oxygens (including phenoxy) is 1. The Kier molecular flexibility index (Phi) is 12.4. The zero-order valence-electron chi connectivity index (χ0n) is 19.0. The highest BCUT2D eigenvalue weighted by Gasteiger charge is 2.33. The summed E-state index contributed by atoms with van der Waals surface area (Å²) in [5.41, 5.74) is 0. The van der Waals surface area contributed by atoms with Crippen LogP contribution in [-0.4, -0.2) is 61.4 Å². The van der Waals surface area contributed by atoms with Gasteiger partial charge in [0, 0.05) is 6.92 Å². The number of esters is 1. The first-order chi connectivity index (χ1) is 14.0. The summed E-state index contributed by atoms with van der Waals surface area (Å²) in [4.78, 5) is 60.4. The molecule has 0 aromatic rings. The maximum Gasteiger partial charge on any atom is 0.325 e. The van der Waals surface area contributed by atoms with E-state index in [9.17, 15) is 24.0 Å². The summed E-state index contributed by atoms with van der Waals surface area (Å²) in [5, 5.41) is 10.3. The Labute approximate surface area is 178 Å². The van der Waals surface area contributed by atoms with Crippen LogP contribution in [0.2, 0.25) is 0 Å². The van der Waals surface area contributed by atoms with E-state index < -0.39 is 41.8 Å². The molecule has 30 heavy (non-hydrogen) atoms. The minimum absolute atomic E-state index is 0.210. The van der Waals surface area contributed by atoms with Crippen molar-refractivity contribution in [2.45, 2.75) is 72.5 Å². The van der Waals surface area contributed by atoms with Gasteiger partial charge < -0.3 is 26.0 Å². The van der Waals surface area contributed by atoms with Crippen LogP contribution in [0.25, 0.3) is 0 Å². The number of carbonyl (C=O) groups is 5. The molecular formula is C20H36N4O6. The first-order valence-corrected chi connectivity index (χ1v) is 10.2. The Balaban J connectivity index is 5.38. The number of methoxy groups -OCH3 is 1. The van der Waals surface area contributed by atoms with Gasteiger partial charge in [-0.15, -0.1) is 0 Å². The smallest absolute Gasteiger partial charge is 0.325 e. The molecule has 0 radical (unpaired) electrons. The number of rotatable bonds is 12. The van der Waals surface area contributed by atoms with Crippen molar-refractivity contribution in [3.8, 4) is 0 Å². The summed E-state index contributed by atoms with van der Waals surface area (Å²) < 4.78 is 4.51. The third-order valence-electron chi connectivity index (χ3n) is 5.03. The average molecular weight is 429 g/mol. The van der Waals surface area contributed by atoms with Crippen LogP contribution in [0.3, 0.4) is 0 Å². The van der Waals surface area contributed by atoms with Crippen LogP contribution in [0.1, 0.15) is 54.4 Å². The molecule has 0 heterocycles. The second-order valence-electron chi connectivity index (χ2n) is 7.46. The van der Waals surface area contributed by atoms with E-state index in [1.807, 2.05) is 20.8 Å². The Morgan fingerprint density at radius 2 is 1.23 bits per heavy atom. The van der Waals surface area contributed by atoms with Crippen molar-refractivity contribution < 1.29 is 28.7 Å². The molecule has 0 aliphatic carbocycles. The number of nitrogens with one attached hydrogen (secondary N) is 4. The van der Waals surface area contributed by atoms with Gasteiger partial charge >= 0.3 is 5.97 Å². The zero-order valence-corrected chi connectivity index (χ0v) is 19.0. The lowest BCUT2D eigenvalue weighted by Crippen LogP contribution is -2.59. The van der Waals surface area contributed by atoms with Crippen LogP contribution in [0.4, 0.5) is 0 Å². The van der Waals surface area contributed by atoms with Crippen LogP contribution >= 0.6 is 0 Å². The number of hydrogen-bond acceptors (Lipinski definition) is 6. The fourth-order valence-corrected chi connectivity index (χ4v) is 2.64. The molecule has 10 heteroatoms. The molecule has 0 bridgehead atoms. The molecule has 0 aromatic heterocycles. The summed E-state index contributed by atoms with van der Waals surface area (Å²) in [6, 6.07) is -2.59. The Morgan fingerprint density at radius 1 is 0.767 bits per heavy atom. The van der Waals surface area contributed by atoms with Crippen molar-refractivity contribution in [2.24, 2.45) is 11.8 Å². The van der Waals surface area contributed by atoms with Gasteiger partial charge in [-0.2, -0.15) is 0 Å². The van der Waals surface area contributed by atoms with Crippen molar-refractivity contribution in [3.05, 3.63) is 0 Å². The van der Waals surface area contributed by atoms with Gasteiger partial charge in [-0.25, -0.2) is 0 Å². The molecule has 0 aromatic carbocycles. The molecule has 0 aliphatic rings. The van der Waals surface area contributed by atoms with E-state index in [1.165, 1.54) is 21.0 Å². The second-order valence-corrected chi connectivity index (χ2v) is 7.46. The summed E-state index contributed by atoms with van der Waals surface area (Å²) >= 11 is 0. The van der Waals surface area contributed by atoms with Gasteiger partial charge in [0.25, 0.3) is 0 Å². The molecule has 0 rings (SSSR count). The van der Waals surface area contributed by atoms with Crippen LogP contribution in [0.5, 0.6) is 0 Å². The normalized spacial score (nSPS) is 15.6. The Hall–Kier alpha value is -2.65. The first kappa shape index (κ1) is 27.4. The first-order valence-electron chi connectivity index (χ1n) is 10.2. The SMILES string of the molecule is CC[C@H](C)[C@H](NC(=O)[C@H](C)NC(C)=O)C(=O)N[C@H](C(=O)NCC(=O)OC)[C@@H](C)CC. The van der Waals surface area contributed by atoms with Crippen molar-refractivity contribution in [1.82, 2.24) is 21.3 Å². The van der Waals surface area contributed by atoms with Gasteiger partial charge in [0.05, 0.1) is 7.11 Å². The highest BCUT2D eigenvalue weighted by Crippen LogP contribution is 2.12. The molecule has 5 atom stereocenters. The van der Waals surface area contributed by atoms with Gasteiger partial charge in [-0.05, 0) is 18.8 Å².